The first-order valence-electron chi connectivity index (χ1n) is 7.08. The minimum atomic E-state index is -0.0816. The van der Waals surface area contributed by atoms with Crippen molar-refractivity contribution >= 4 is 17.6 Å². The van der Waals surface area contributed by atoms with Gasteiger partial charge in [-0.3, -0.25) is 4.79 Å². The minimum absolute atomic E-state index is 0.0816. The highest BCUT2D eigenvalue weighted by atomic mass is 32.1. The molecular weight excluding hydrogens is 302 g/mol. The molecule has 0 atom stereocenters. The van der Waals surface area contributed by atoms with Crippen LogP contribution in [0.5, 0.6) is 11.5 Å². The Morgan fingerprint density at radius 1 is 1.41 bits per heavy atom. The molecule has 0 N–H and O–H groups in total. The molecule has 1 aromatic carbocycles. The maximum absolute atomic E-state index is 12.7. The molecule has 7 heteroatoms. The number of ether oxygens (including phenoxy) is 2. The van der Waals surface area contributed by atoms with Crippen LogP contribution in [0.2, 0.25) is 0 Å². The molecule has 1 aliphatic rings. The molecule has 0 spiro atoms. The van der Waals surface area contributed by atoms with E-state index in [4.69, 9.17) is 9.47 Å². The Hall–Kier alpha value is -2.15. The molecule has 2 heterocycles. The first kappa shape index (κ1) is 14.8. The van der Waals surface area contributed by atoms with E-state index in [0.717, 1.165) is 29.5 Å². The molecule has 0 saturated heterocycles. The molecule has 116 valence electrons. The number of carbonyl (C=O) groups excluding carboxylic acids is 1. The van der Waals surface area contributed by atoms with E-state index in [2.05, 4.69) is 8.75 Å². The second-order valence-corrected chi connectivity index (χ2v) is 5.60. The minimum Gasteiger partial charge on any atom is -0.493 e. The van der Waals surface area contributed by atoms with Crippen LogP contribution in [0.1, 0.15) is 28.2 Å². The molecule has 1 amide bonds. The van der Waals surface area contributed by atoms with Crippen LogP contribution >= 0.6 is 11.7 Å². The van der Waals surface area contributed by atoms with Crippen molar-refractivity contribution in [3.05, 3.63) is 35.2 Å². The van der Waals surface area contributed by atoms with E-state index in [1.807, 2.05) is 18.2 Å². The number of nitrogens with zero attached hydrogens (tertiary/aromatic N) is 3. The summed E-state index contributed by atoms with van der Waals surface area (Å²) in [5.41, 5.74) is 2.06. The van der Waals surface area contributed by atoms with E-state index in [1.54, 1.807) is 18.9 Å². The van der Waals surface area contributed by atoms with Gasteiger partial charge in [0.25, 0.3) is 5.91 Å². The van der Waals surface area contributed by atoms with Gasteiger partial charge < -0.3 is 14.4 Å². The second-order valence-electron chi connectivity index (χ2n) is 5.08. The van der Waals surface area contributed by atoms with Gasteiger partial charge in [-0.25, -0.2) is 0 Å². The van der Waals surface area contributed by atoms with Gasteiger partial charge in [0, 0.05) is 18.7 Å². The van der Waals surface area contributed by atoms with Gasteiger partial charge in [0.2, 0.25) is 0 Å². The fourth-order valence-electron chi connectivity index (χ4n) is 2.47. The predicted octanol–water partition coefficient (Wildman–Crippen LogP) is 2.28. The van der Waals surface area contributed by atoms with Crippen molar-refractivity contribution in [1.29, 1.82) is 0 Å². The van der Waals surface area contributed by atoms with Gasteiger partial charge in [0.05, 0.1) is 31.1 Å². The Kier molecular flexibility index (Phi) is 4.24. The average molecular weight is 319 g/mol. The maximum atomic E-state index is 12.7. The molecule has 0 bridgehead atoms. The first-order chi connectivity index (χ1) is 10.7. The topological polar surface area (TPSA) is 64.6 Å². The van der Waals surface area contributed by atoms with E-state index in [9.17, 15) is 4.79 Å². The van der Waals surface area contributed by atoms with Crippen LogP contribution < -0.4 is 9.47 Å². The van der Waals surface area contributed by atoms with Crippen molar-refractivity contribution < 1.29 is 14.3 Å². The van der Waals surface area contributed by atoms with Crippen molar-refractivity contribution in [2.45, 2.75) is 19.9 Å². The Labute approximate surface area is 133 Å². The van der Waals surface area contributed by atoms with E-state index >= 15 is 0 Å². The third kappa shape index (κ3) is 2.76. The number of carbonyl (C=O) groups is 1. The Morgan fingerprint density at radius 3 is 3.00 bits per heavy atom. The SMILES string of the molecule is COc1cccc2c1OCCCN(C(=O)c1nsnc1C)C2. The van der Waals surface area contributed by atoms with Crippen LogP contribution in [0.25, 0.3) is 0 Å². The van der Waals surface area contributed by atoms with Crippen LogP contribution in [0.4, 0.5) is 0 Å². The summed E-state index contributed by atoms with van der Waals surface area (Å²) < 4.78 is 19.4. The molecule has 0 fully saturated rings. The number of rotatable bonds is 2. The molecule has 1 aliphatic heterocycles. The van der Waals surface area contributed by atoms with Crippen molar-refractivity contribution in [2.75, 3.05) is 20.3 Å². The van der Waals surface area contributed by atoms with E-state index in [0.29, 0.717) is 36.8 Å². The Balaban J connectivity index is 1.91. The van der Waals surface area contributed by atoms with Crippen LogP contribution in [0, 0.1) is 6.92 Å². The molecule has 3 rings (SSSR count). The predicted molar refractivity (Wildman–Crippen MR) is 82.5 cm³/mol. The zero-order chi connectivity index (χ0) is 15.5. The zero-order valence-electron chi connectivity index (χ0n) is 12.5. The lowest BCUT2D eigenvalue weighted by atomic mass is 10.1. The maximum Gasteiger partial charge on any atom is 0.275 e. The van der Waals surface area contributed by atoms with Gasteiger partial charge in [0.15, 0.2) is 17.2 Å². The molecule has 0 unspecified atom stereocenters. The lowest BCUT2D eigenvalue weighted by molar-refractivity contribution is 0.0715. The number of fused-ring (bicyclic) bond motifs is 1. The van der Waals surface area contributed by atoms with E-state index in [1.165, 1.54) is 0 Å². The summed E-state index contributed by atoms with van der Waals surface area (Å²) in [5, 5.41) is 0. The summed E-state index contributed by atoms with van der Waals surface area (Å²) >= 11 is 1.07. The molecule has 0 radical (unpaired) electrons. The summed E-state index contributed by atoms with van der Waals surface area (Å²) in [6.07, 6.45) is 0.764. The second kappa shape index (κ2) is 6.31. The van der Waals surface area contributed by atoms with Crippen LogP contribution in [-0.4, -0.2) is 39.8 Å². The molecular formula is C15H17N3O3S. The highest BCUT2D eigenvalue weighted by Gasteiger charge is 2.24. The standard InChI is InChI=1S/C15H17N3O3S/c1-10-13(17-22-16-10)15(19)18-7-4-8-21-14-11(9-18)5-3-6-12(14)20-2/h3,5-6H,4,7-9H2,1-2H3. The van der Waals surface area contributed by atoms with Crippen molar-refractivity contribution in [1.82, 2.24) is 13.6 Å². The molecule has 1 aromatic heterocycles. The van der Waals surface area contributed by atoms with Gasteiger partial charge in [-0.15, -0.1) is 0 Å². The summed E-state index contributed by atoms with van der Waals surface area (Å²) in [5.74, 6) is 1.33. The fourth-order valence-corrected chi connectivity index (χ4v) is 3.01. The number of benzene rings is 1. The van der Waals surface area contributed by atoms with E-state index in [-0.39, 0.29) is 5.91 Å². The lowest BCUT2D eigenvalue weighted by Gasteiger charge is -2.26. The van der Waals surface area contributed by atoms with E-state index < -0.39 is 0 Å². The molecule has 0 aliphatic carbocycles. The number of hydrogen-bond donors (Lipinski definition) is 0. The van der Waals surface area contributed by atoms with Gasteiger partial charge in [-0.05, 0) is 19.4 Å². The van der Waals surface area contributed by atoms with Gasteiger partial charge in [-0.1, -0.05) is 12.1 Å². The largest absolute Gasteiger partial charge is 0.493 e. The highest BCUT2D eigenvalue weighted by Crippen LogP contribution is 2.33. The van der Waals surface area contributed by atoms with Crippen molar-refractivity contribution in [3.8, 4) is 11.5 Å². The Bertz CT molecular complexity index is 686. The number of para-hydroxylation sites is 1. The lowest BCUT2D eigenvalue weighted by Crippen LogP contribution is -2.34. The van der Waals surface area contributed by atoms with Gasteiger partial charge in [0.1, 0.15) is 0 Å². The highest BCUT2D eigenvalue weighted by molar-refractivity contribution is 6.99. The van der Waals surface area contributed by atoms with Crippen molar-refractivity contribution in [2.24, 2.45) is 0 Å². The first-order valence-corrected chi connectivity index (χ1v) is 7.81. The van der Waals surface area contributed by atoms with Gasteiger partial charge >= 0.3 is 0 Å². The average Bonchev–Trinajstić information content (AvgIpc) is 2.93. The van der Waals surface area contributed by atoms with Gasteiger partial charge in [-0.2, -0.15) is 8.75 Å². The Morgan fingerprint density at radius 2 is 2.27 bits per heavy atom. The summed E-state index contributed by atoms with van der Waals surface area (Å²) in [7, 11) is 1.62. The molecule has 2 aromatic rings. The number of methoxy groups -OCH3 is 1. The number of aromatic nitrogens is 2. The third-order valence-electron chi connectivity index (χ3n) is 3.60. The number of amides is 1. The zero-order valence-corrected chi connectivity index (χ0v) is 13.4. The van der Waals surface area contributed by atoms with Crippen LogP contribution in [0.15, 0.2) is 18.2 Å². The molecule has 0 saturated carbocycles. The fraction of sp³-hybridized carbons (Fsp3) is 0.400. The van der Waals surface area contributed by atoms with Crippen molar-refractivity contribution in [3.63, 3.8) is 0 Å². The molecule has 6 nitrogen and oxygen atoms in total. The smallest absolute Gasteiger partial charge is 0.275 e. The third-order valence-corrected chi connectivity index (χ3v) is 4.22. The quantitative estimate of drug-likeness (QED) is 0.849. The number of aryl methyl sites for hydroxylation is 1. The van der Waals surface area contributed by atoms with Crippen LogP contribution in [0.3, 0.4) is 0 Å². The summed E-state index contributed by atoms with van der Waals surface area (Å²) in [4.78, 5) is 14.5. The molecule has 22 heavy (non-hydrogen) atoms. The summed E-state index contributed by atoms with van der Waals surface area (Å²) in [6, 6.07) is 5.72. The van der Waals surface area contributed by atoms with Crippen LogP contribution in [-0.2, 0) is 6.54 Å². The normalized spacial score (nSPS) is 14.5. The number of hydrogen-bond acceptors (Lipinski definition) is 6. The monoisotopic (exact) mass is 319 g/mol. The summed E-state index contributed by atoms with van der Waals surface area (Å²) in [6.45, 7) is 3.46.